The van der Waals surface area contributed by atoms with Gasteiger partial charge >= 0.3 is 0 Å². The lowest BCUT2D eigenvalue weighted by Gasteiger charge is -2.39. The third kappa shape index (κ3) is 2.16. The van der Waals surface area contributed by atoms with Crippen molar-refractivity contribution in [2.24, 2.45) is 11.3 Å². The number of ketones is 1. The van der Waals surface area contributed by atoms with E-state index in [0.29, 0.717) is 12.8 Å². The Balaban J connectivity index is 3.06. The number of carbonyl (C=O) groups is 2. The van der Waals surface area contributed by atoms with Crippen molar-refractivity contribution in [3.63, 3.8) is 0 Å². The average Bonchev–Trinajstić information content (AvgIpc) is 2.23. The molecule has 2 atom stereocenters. The zero-order valence-electron chi connectivity index (χ0n) is 10.4. The van der Waals surface area contributed by atoms with E-state index in [0.717, 1.165) is 23.9 Å². The first-order chi connectivity index (χ1) is 7.43. The van der Waals surface area contributed by atoms with E-state index in [-0.39, 0.29) is 11.7 Å². The normalized spacial score (nSPS) is 29.8. The van der Waals surface area contributed by atoms with Gasteiger partial charge in [0.1, 0.15) is 6.29 Å². The van der Waals surface area contributed by atoms with E-state index in [1.807, 2.05) is 26.8 Å². The second-order valence-corrected chi connectivity index (χ2v) is 4.97. The van der Waals surface area contributed by atoms with Crippen LogP contribution in [0.4, 0.5) is 0 Å². The van der Waals surface area contributed by atoms with Gasteiger partial charge in [-0.1, -0.05) is 25.2 Å². The average molecular weight is 220 g/mol. The standard InChI is InChI=1S/C14H20O2/c1-10(2)12-7-6-11(3)13(16)14(12,4)8-5-9-15/h6,9,12H,1,5,7-8H2,2-4H3/t12-,14-/m1/s1. The summed E-state index contributed by atoms with van der Waals surface area (Å²) in [5, 5.41) is 0. The van der Waals surface area contributed by atoms with Gasteiger partial charge in [-0.3, -0.25) is 4.79 Å². The zero-order valence-corrected chi connectivity index (χ0v) is 10.4. The number of rotatable bonds is 4. The quantitative estimate of drug-likeness (QED) is 0.539. The van der Waals surface area contributed by atoms with Gasteiger partial charge in [0.15, 0.2) is 5.78 Å². The van der Waals surface area contributed by atoms with Crippen LogP contribution in [0.2, 0.25) is 0 Å². The fourth-order valence-electron chi connectivity index (χ4n) is 2.65. The minimum atomic E-state index is -0.439. The molecule has 0 fully saturated rings. The number of Topliss-reactive ketones (excluding diaryl/α,β-unsaturated/α-hetero) is 1. The van der Waals surface area contributed by atoms with Crippen molar-refractivity contribution in [3.8, 4) is 0 Å². The second kappa shape index (κ2) is 4.77. The van der Waals surface area contributed by atoms with Crippen LogP contribution >= 0.6 is 0 Å². The molecular formula is C14H20O2. The summed E-state index contributed by atoms with van der Waals surface area (Å²) in [4.78, 5) is 22.7. The van der Waals surface area contributed by atoms with Gasteiger partial charge < -0.3 is 4.79 Å². The molecule has 0 aliphatic heterocycles. The number of hydrogen-bond donors (Lipinski definition) is 0. The molecule has 0 bridgehead atoms. The monoisotopic (exact) mass is 220 g/mol. The molecule has 0 saturated carbocycles. The van der Waals surface area contributed by atoms with Crippen LogP contribution in [0.5, 0.6) is 0 Å². The Morgan fingerprint density at radius 1 is 1.69 bits per heavy atom. The lowest BCUT2D eigenvalue weighted by Crippen LogP contribution is -2.39. The van der Waals surface area contributed by atoms with Crippen molar-refractivity contribution in [1.29, 1.82) is 0 Å². The van der Waals surface area contributed by atoms with Gasteiger partial charge in [-0.05, 0) is 38.2 Å². The first-order valence-electron chi connectivity index (χ1n) is 5.74. The van der Waals surface area contributed by atoms with Crippen LogP contribution in [-0.2, 0) is 9.59 Å². The maximum atomic E-state index is 12.2. The highest BCUT2D eigenvalue weighted by Crippen LogP contribution is 2.44. The summed E-state index contributed by atoms with van der Waals surface area (Å²) in [6, 6.07) is 0. The van der Waals surface area contributed by atoms with Crippen molar-refractivity contribution >= 4 is 12.1 Å². The van der Waals surface area contributed by atoms with Crippen LogP contribution in [0.1, 0.15) is 40.0 Å². The van der Waals surface area contributed by atoms with Crippen LogP contribution in [0.25, 0.3) is 0 Å². The molecule has 0 aromatic rings. The van der Waals surface area contributed by atoms with Crippen molar-refractivity contribution in [2.45, 2.75) is 40.0 Å². The van der Waals surface area contributed by atoms with E-state index in [1.165, 1.54) is 0 Å². The van der Waals surface area contributed by atoms with Crippen LogP contribution in [-0.4, -0.2) is 12.1 Å². The topological polar surface area (TPSA) is 34.1 Å². The van der Waals surface area contributed by atoms with Gasteiger partial charge in [-0.25, -0.2) is 0 Å². The maximum Gasteiger partial charge on any atom is 0.164 e. The van der Waals surface area contributed by atoms with Gasteiger partial charge in [-0.2, -0.15) is 0 Å². The van der Waals surface area contributed by atoms with E-state index >= 15 is 0 Å². The molecule has 16 heavy (non-hydrogen) atoms. The van der Waals surface area contributed by atoms with Gasteiger partial charge in [-0.15, -0.1) is 0 Å². The van der Waals surface area contributed by atoms with Crippen molar-refractivity contribution in [3.05, 3.63) is 23.8 Å². The number of allylic oxidation sites excluding steroid dienone is 3. The summed E-state index contributed by atoms with van der Waals surface area (Å²) in [7, 11) is 0. The second-order valence-electron chi connectivity index (χ2n) is 4.97. The predicted octanol–water partition coefficient (Wildman–Crippen LogP) is 3.08. The Labute approximate surface area is 97.4 Å². The molecule has 0 aromatic carbocycles. The third-order valence-electron chi connectivity index (χ3n) is 3.68. The molecule has 88 valence electrons. The molecule has 0 radical (unpaired) electrons. The van der Waals surface area contributed by atoms with Gasteiger partial charge in [0.25, 0.3) is 0 Å². The van der Waals surface area contributed by atoms with Crippen molar-refractivity contribution < 1.29 is 9.59 Å². The lowest BCUT2D eigenvalue weighted by molar-refractivity contribution is -0.127. The number of aldehydes is 1. The summed E-state index contributed by atoms with van der Waals surface area (Å²) in [6.07, 6.45) is 4.81. The zero-order chi connectivity index (χ0) is 12.3. The molecule has 0 aromatic heterocycles. The summed E-state index contributed by atoms with van der Waals surface area (Å²) < 4.78 is 0. The summed E-state index contributed by atoms with van der Waals surface area (Å²) >= 11 is 0. The highest BCUT2D eigenvalue weighted by atomic mass is 16.1. The highest BCUT2D eigenvalue weighted by Gasteiger charge is 2.43. The van der Waals surface area contributed by atoms with Crippen LogP contribution in [0.3, 0.4) is 0 Å². The summed E-state index contributed by atoms with van der Waals surface area (Å²) in [6.45, 7) is 9.76. The molecule has 1 aliphatic rings. The molecule has 2 heteroatoms. The molecule has 0 saturated heterocycles. The SMILES string of the molecule is C=C(C)[C@H]1CC=C(C)C(=O)[C@]1(C)CCC=O. The number of hydrogen-bond acceptors (Lipinski definition) is 2. The third-order valence-corrected chi connectivity index (χ3v) is 3.68. The molecule has 2 nitrogen and oxygen atoms in total. The maximum absolute atomic E-state index is 12.2. The van der Waals surface area contributed by atoms with Gasteiger partial charge in [0, 0.05) is 11.8 Å². The summed E-state index contributed by atoms with van der Waals surface area (Å²) in [5.41, 5.74) is 1.42. The van der Waals surface area contributed by atoms with Gasteiger partial charge in [0.05, 0.1) is 0 Å². The molecule has 0 amide bonds. The van der Waals surface area contributed by atoms with E-state index < -0.39 is 5.41 Å². The minimum Gasteiger partial charge on any atom is -0.303 e. The highest BCUT2D eigenvalue weighted by molar-refractivity contribution is 6.00. The molecule has 1 rings (SSSR count). The molecule has 1 aliphatic carbocycles. The van der Waals surface area contributed by atoms with Gasteiger partial charge in [0.2, 0.25) is 0 Å². The Hall–Kier alpha value is -1.18. The first kappa shape index (κ1) is 12.9. The van der Waals surface area contributed by atoms with E-state index in [9.17, 15) is 9.59 Å². The molecular weight excluding hydrogens is 200 g/mol. The van der Waals surface area contributed by atoms with Crippen LogP contribution in [0.15, 0.2) is 23.8 Å². The minimum absolute atomic E-state index is 0.170. The van der Waals surface area contributed by atoms with Crippen LogP contribution < -0.4 is 0 Å². The largest absolute Gasteiger partial charge is 0.303 e. The Kier molecular flexibility index (Phi) is 3.84. The fourth-order valence-corrected chi connectivity index (χ4v) is 2.65. The Morgan fingerprint density at radius 3 is 2.81 bits per heavy atom. The van der Waals surface area contributed by atoms with Crippen molar-refractivity contribution in [1.82, 2.24) is 0 Å². The smallest absolute Gasteiger partial charge is 0.164 e. The molecule has 0 heterocycles. The lowest BCUT2D eigenvalue weighted by atomic mass is 9.63. The first-order valence-corrected chi connectivity index (χ1v) is 5.74. The Morgan fingerprint density at radius 2 is 2.31 bits per heavy atom. The molecule has 0 N–H and O–H groups in total. The van der Waals surface area contributed by atoms with Crippen LogP contribution in [0, 0.1) is 11.3 Å². The molecule has 0 spiro atoms. The summed E-state index contributed by atoms with van der Waals surface area (Å²) in [5.74, 6) is 0.345. The fraction of sp³-hybridized carbons (Fsp3) is 0.571. The number of carbonyl (C=O) groups excluding carboxylic acids is 2. The van der Waals surface area contributed by atoms with Crippen molar-refractivity contribution in [2.75, 3.05) is 0 Å². The van der Waals surface area contributed by atoms with E-state index in [1.54, 1.807) is 0 Å². The van der Waals surface area contributed by atoms with E-state index in [4.69, 9.17) is 0 Å². The molecule has 0 unspecified atom stereocenters. The Bertz CT molecular complexity index is 352. The predicted molar refractivity (Wildman–Crippen MR) is 65.1 cm³/mol. The van der Waals surface area contributed by atoms with E-state index in [2.05, 4.69) is 6.58 Å².